The molecule has 0 aliphatic heterocycles. The lowest BCUT2D eigenvalue weighted by Crippen LogP contribution is -2.40. The molecule has 9 heteroatoms. The van der Waals surface area contributed by atoms with Crippen LogP contribution in [0.5, 0.6) is 0 Å². The van der Waals surface area contributed by atoms with Crippen molar-refractivity contribution in [2.45, 2.75) is 43.9 Å². The van der Waals surface area contributed by atoms with Crippen molar-refractivity contribution >= 4 is 11.4 Å². The molecule has 136 valence electrons. The zero-order valence-electron chi connectivity index (χ0n) is 13.2. The molecule has 0 aliphatic carbocycles. The van der Waals surface area contributed by atoms with Crippen LogP contribution < -0.4 is 4.72 Å². The molecule has 1 N–H and O–H groups in total. The smallest absolute Gasteiger partial charge is 0.416 e. The van der Waals surface area contributed by atoms with Gasteiger partial charge < -0.3 is 4.55 Å². The quantitative estimate of drug-likeness (QED) is 0.458. The first-order valence-corrected chi connectivity index (χ1v) is 7.91. The van der Waals surface area contributed by atoms with E-state index in [0.29, 0.717) is 12.1 Å². The van der Waals surface area contributed by atoms with Gasteiger partial charge in [-0.2, -0.15) is 26.3 Å². The van der Waals surface area contributed by atoms with Gasteiger partial charge in [-0.15, -0.1) is 11.3 Å². The molecule has 0 fully saturated rings. The Hall–Kier alpha value is -1.19. The SMILES string of the molecule is C=C[C@@H](N[S@@+]([O-])C(C)(C)C)c1cc(C(F)(F)F)cc(C(F)(F)F)c1. The number of halogens is 6. The van der Waals surface area contributed by atoms with Gasteiger partial charge in [0, 0.05) is 11.4 Å². The average molecular weight is 373 g/mol. The number of rotatable bonds is 4. The van der Waals surface area contributed by atoms with Crippen LogP contribution in [0.15, 0.2) is 30.9 Å². The Kier molecular flexibility index (Phi) is 6.06. The molecule has 0 heterocycles. The molecule has 1 aromatic rings. The molecular weight excluding hydrogens is 356 g/mol. The van der Waals surface area contributed by atoms with Crippen LogP contribution in [0.1, 0.15) is 43.5 Å². The average Bonchev–Trinajstić information content (AvgIpc) is 2.40. The Balaban J connectivity index is 3.36. The van der Waals surface area contributed by atoms with E-state index in [1.165, 1.54) is 0 Å². The molecule has 2 atom stereocenters. The minimum absolute atomic E-state index is 0.0460. The van der Waals surface area contributed by atoms with Crippen LogP contribution in [0.2, 0.25) is 0 Å². The summed E-state index contributed by atoms with van der Waals surface area (Å²) in [6.45, 7) is 8.24. The molecule has 0 unspecified atom stereocenters. The van der Waals surface area contributed by atoms with Gasteiger partial charge in [-0.25, -0.2) is 0 Å². The zero-order chi connectivity index (χ0) is 18.9. The first kappa shape index (κ1) is 20.9. The second-order valence-electron chi connectivity index (χ2n) is 6.05. The van der Waals surface area contributed by atoms with Crippen molar-refractivity contribution in [3.63, 3.8) is 0 Å². The van der Waals surface area contributed by atoms with Gasteiger partial charge in [-0.3, -0.25) is 0 Å². The Morgan fingerprint density at radius 2 is 1.42 bits per heavy atom. The monoisotopic (exact) mass is 373 g/mol. The highest BCUT2D eigenvalue weighted by Gasteiger charge is 2.38. The fourth-order valence-electron chi connectivity index (χ4n) is 1.70. The molecule has 1 rings (SSSR count). The first-order chi connectivity index (χ1) is 10.7. The molecule has 0 saturated heterocycles. The maximum absolute atomic E-state index is 12.9. The van der Waals surface area contributed by atoms with Crippen molar-refractivity contribution in [1.29, 1.82) is 0 Å². The lowest BCUT2D eigenvalue weighted by Gasteiger charge is -2.27. The van der Waals surface area contributed by atoms with Crippen molar-refractivity contribution in [1.82, 2.24) is 4.72 Å². The third kappa shape index (κ3) is 5.42. The van der Waals surface area contributed by atoms with E-state index in [2.05, 4.69) is 11.3 Å². The number of hydrogen-bond acceptors (Lipinski definition) is 2. The fraction of sp³-hybridized carbons (Fsp3) is 0.467. The maximum atomic E-state index is 12.9. The molecule has 0 amide bonds. The van der Waals surface area contributed by atoms with Gasteiger partial charge in [0.25, 0.3) is 0 Å². The van der Waals surface area contributed by atoms with Crippen LogP contribution in [0.25, 0.3) is 0 Å². The third-order valence-corrected chi connectivity index (χ3v) is 4.58. The summed E-state index contributed by atoms with van der Waals surface area (Å²) in [6, 6.07) is 0.0984. The van der Waals surface area contributed by atoms with Crippen LogP contribution >= 0.6 is 0 Å². The van der Waals surface area contributed by atoms with Crippen LogP contribution in [0.3, 0.4) is 0 Å². The van der Waals surface area contributed by atoms with Crippen LogP contribution in [0.4, 0.5) is 26.3 Å². The van der Waals surface area contributed by atoms with E-state index in [0.717, 1.165) is 6.08 Å². The molecular formula is C15H17F6NOS. The zero-order valence-corrected chi connectivity index (χ0v) is 14.0. The summed E-state index contributed by atoms with van der Waals surface area (Å²) in [4.78, 5) is 0. The second kappa shape index (κ2) is 6.97. The van der Waals surface area contributed by atoms with Crippen LogP contribution in [-0.4, -0.2) is 9.30 Å². The molecule has 2 nitrogen and oxygen atoms in total. The minimum Gasteiger partial charge on any atom is -0.598 e. The summed E-state index contributed by atoms with van der Waals surface area (Å²) >= 11 is -1.71. The Morgan fingerprint density at radius 3 is 1.71 bits per heavy atom. The highest BCUT2D eigenvalue weighted by atomic mass is 32.2. The lowest BCUT2D eigenvalue weighted by molar-refractivity contribution is -0.143. The van der Waals surface area contributed by atoms with Crippen molar-refractivity contribution in [2.75, 3.05) is 0 Å². The fourth-order valence-corrected chi connectivity index (χ4v) is 2.52. The molecule has 0 bridgehead atoms. The summed E-state index contributed by atoms with van der Waals surface area (Å²) in [6.07, 6.45) is -8.77. The van der Waals surface area contributed by atoms with E-state index < -0.39 is 45.6 Å². The minimum atomic E-state index is -4.94. The van der Waals surface area contributed by atoms with E-state index in [1.54, 1.807) is 20.8 Å². The summed E-state index contributed by atoms with van der Waals surface area (Å²) < 4.78 is 91.1. The van der Waals surface area contributed by atoms with Gasteiger partial charge >= 0.3 is 12.4 Å². The van der Waals surface area contributed by atoms with Crippen molar-refractivity contribution in [3.05, 3.63) is 47.5 Å². The third-order valence-electron chi connectivity index (χ3n) is 3.00. The maximum Gasteiger partial charge on any atom is 0.416 e. The van der Waals surface area contributed by atoms with E-state index in [-0.39, 0.29) is 11.6 Å². The molecule has 0 spiro atoms. The Labute approximate surface area is 139 Å². The molecule has 0 saturated carbocycles. The number of benzene rings is 1. The molecule has 0 radical (unpaired) electrons. The molecule has 1 aromatic carbocycles. The van der Waals surface area contributed by atoms with Gasteiger partial charge in [-0.05, 0) is 44.5 Å². The Morgan fingerprint density at radius 1 is 1.00 bits per heavy atom. The number of alkyl halides is 6. The van der Waals surface area contributed by atoms with Gasteiger partial charge in [0.2, 0.25) is 0 Å². The standard InChI is InChI=1S/C15H17F6NOS/c1-5-12(22-24(23)13(2,3)4)9-6-10(14(16,17)18)8-11(7-9)15(19,20)21/h5-8,12,22H,1H2,2-4H3/t12-,24+/m1/s1. The Bertz CT molecular complexity index is 559. The lowest BCUT2D eigenvalue weighted by atomic mass is 10.00. The summed E-state index contributed by atoms with van der Waals surface area (Å²) in [5, 5.41) is 0. The van der Waals surface area contributed by atoms with E-state index in [4.69, 9.17) is 0 Å². The van der Waals surface area contributed by atoms with Gasteiger partial charge in [0.15, 0.2) is 0 Å². The summed E-state index contributed by atoms with van der Waals surface area (Å²) in [5.74, 6) is 0. The van der Waals surface area contributed by atoms with E-state index in [9.17, 15) is 30.9 Å². The highest BCUT2D eigenvalue weighted by molar-refractivity contribution is 7.90. The summed E-state index contributed by atoms with van der Waals surface area (Å²) in [5.41, 5.74) is -3.17. The van der Waals surface area contributed by atoms with Crippen molar-refractivity contribution < 1.29 is 30.9 Å². The second-order valence-corrected chi connectivity index (χ2v) is 8.05. The normalized spacial score (nSPS) is 15.9. The van der Waals surface area contributed by atoms with Crippen LogP contribution in [0, 0.1) is 0 Å². The van der Waals surface area contributed by atoms with Gasteiger partial charge in [0.05, 0.1) is 17.2 Å². The van der Waals surface area contributed by atoms with E-state index >= 15 is 0 Å². The molecule has 24 heavy (non-hydrogen) atoms. The highest BCUT2D eigenvalue weighted by Crippen LogP contribution is 2.37. The topological polar surface area (TPSA) is 35.1 Å². The number of hydrogen-bond donors (Lipinski definition) is 1. The van der Waals surface area contributed by atoms with Crippen molar-refractivity contribution in [2.24, 2.45) is 0 Å². The van der Waals surface area contributed by atoms with Gasteiger partial charge in [-0.1, -0.05) is 6.08 Å². The van der Waals surface area contributed by atoms with E-state index in [1.807, 2.05) is 0 Å². The number of nitrogens with one attached hydrogen (secondary N) is 1. The first-order valence-electron chi connectivity index (χ1n) is 6.76. The largest absolute Gasteiger partial charge is 0.598 e. The predicted molar refractivity (Wildman–Crippen MR) is 80.4 cm³/mol. The summed E-state index contributed by atoms with van der Waals surface area (Å²) in [7, 11) is 0. The van der Waals surface area contributed by atoms with Crippen molar-refractivity contribution in [3.8, 4) is 0 Å². The predicted octanol–water partition coefficient (Wildman–Crippen LogP) is 5.00. The van der Waals surface area contributed by atoms with Crippen LogP contribution in [-0.2, 0) is 23.7 Å². The molecule has 0 aliphatic rings. The van der Waals surface area contributed by atoms with Gasteiger partial charge in [0.1, 0.15) is 4.75 Å². The molecule has 0 aromatic heterocycles.